The summed E-state index contributed by atoms with van der Waals surface area (Å²) in [5.41, 5.74) is 2.89. The third-order valence-electron chi connectivity index (χ3n) is 4.72. The number of carbonyl (C=O) groups is 1. The first-order chi connectivity index (χ1) is 8.39. The van der Waals surface area contributed by atoms with Gasteiger partial charge in [-0.15, -0.1) is 0 Å². The van der Waals surface area contributed by atoms with Gasteiger partial charge in [-0.05, 0) is 43.1 Å². The van der Waals surface area contributed by atoms with E-state index < -0.39 is 6.10 Å². The maximum atomic E-state index is 11.7. The third-order valence-corrected chi connectivity index (χ3v) is 4.72. The molecule has 0 aromatic rings. The minimum atomic E-state index is -0.521. The van der Waals surface area contributed by atoms with E-state index in [0.717, 1.165) is 18.4 Å². The number of ether oxygens (including phenoxy) is 1. The quantitative estimate of drug-likeness (QED) is 0.669. The number of carbonyl (C=O) groups excluding carboxylic acids is 1. The number of esters is 1. The van der Waals surface area contributed by atoms with E-state index in [2.05, 4.69) is 20.8 Å². The average molecular weight is 248 g/mol. The van der Waals surface area contributed by atoms with Crippen molar-refractivity contribution in [2.45, 2.75) is 39.7 Å². The molecular formula is C15H20O3. The monoisotopic (exact) mass is 248 g/mol. The van der Waals surface area contributed by atoms with E-state index in [9.17, 15) is 9.90 Å². The van der Waals surface area contributed by atoms with Gasteiger partial charge < -0.3 is 9.84 Å². The molecule has 0 amide bonds. The van der Waals surface area contributed by atoms with Crippen LogP contribution in [-0.4, -0.2) is 23.8 Å². The van der Waals surface area contributed by atoms with Crippen LogP contribution in [0.5, 0.6) is 0 Å². The van der Waals surface area contributed by atoms with Crippen LogP contribution in [0, 0.1) is 17.3 Å². The van der Waals surface area contributed by atoms with Crippen molar-refractivity contribution < 1.29 is 14.6 Å². The number of fused-ring (bicyclic) bond motifs is 1. The zero-order valence-electron chi connectivity index (χ0n) is 11.2. The molecule has 1 fully saturated rings. The van der Waals surface area contributed by atoms with Crippen molar-refractivity contribution in [3.8, 4) is 0 Å². The second-order valence-electron chi connectivity index (χ2n) is 6.69. The first-order valence-electron chi connectivity index (χ1n) is 6.65. The molecule has 1 heterocycles. The van der Waals surface area contributed by atoms with Gasteiger partial charge in [0.25, 0.3) is 0 Å². The van der Waals surface area contributed by atoms with Crippen molar-refractivity contribution in [1.29, 1.82) is 0 Å². The molecule has 3 atom stereocenters. The highest BCUT2D eigenvalue weighted by molar-refractivity contribution is 5.95. The van der Waals surface area contributed by atoms with Gasteiger partial charge in [0.05, 0.1) is 11.7 Å². The fourth-order valence-electron chi connectivity index (χ4n) is 3.86. The van der Waals surface area contributed by atoms with E-state index in [-0.39, 0.29) is 23.9 Å². The first kappa shape index (κ1) is 12.0. The molecule has 98 valence electrons. The summed E-state index contributed by atoms with van der Waals surface area (Å²) in [6.07, 6.45) is 3.52. The lowest BCUT2D eigenvalue weighted by Gasteiger charge is -2.24. The summed E-state index contributed by atoms with van der Waals surface area (Å²) in [5.74, 6) is 0.356. The molecule has 2 aliphatic carbocycles. The molecule has 0 bridgehead atoms. The molecule has 3 nitrogen and oxygen atoms in total. The number of rotatable bonds is 0. The van der Waals surface area contributed by atoms with E-state index in [0.29, 0.717) is 11.5 Å². The van der Waals surface area contributed by atoms with Gasteiger partial charge in [0.2, 0.25) is 0 Å². The summed E-state index contributed by atoms with van der Waals surface area (Å²) in [6.45, 7) is 6.86. The summed E-state index contributed by atoms with van der Waals surface area (Å²) in [7, 11) is 0. The van der Waals surface area contributed by atoms with Gasteiger partial charge in [0.15, 0.2) is 0 Å². The molecule has 0 saturated heterocycles. The molecule has 1 aliphatic heterocycles. The molecule has 3 rings (SSSR count). The van der Waals surface area contributed by atoms with Crippen LogP contribution in [0.4, 0.5) is 0 Å². The standard InChI is InChI=1S/C15H20O3/c1-8-4-9-12(7-18-14(9)17)13(16)11-6-15(2,3)5-10(8)11/h4,10-11,13,16H,5-7H2,1-3H3/t10-,11-,13+/m1/s1. The fourth-order valence-corrected chi connectivity index (χ4v) is 3.86. The minimum Gasteiger partial charge on any atom is -0.457 e. The average Bonchev–Trinajstić information content (AvgIpc) is 2.77. The normalized spacial score (nSPS) is 37.9. The third kappa shape index (κ3) is 1.64. The molecule has 3 heteroatoms. The minimum absolute atomic E-state index is 0.234. The second-order valence-corrected chi connectivity index (χ2v) is 6.69. The summed E-state index contributed by atoms with van der Waals surface area (Å²) in [4.78, 5) is 11.7. The fraction of sp³-hybridized carbons (Fsp3) is 0.667. The van der Waals surface area contributed by atoms with Crippen LogP contribution in [0.25, 0.3) is 0 Å². The summed E-state index contributed by atoms with van der Waals surface area (Å²) < 4.78 is 5.06. The van der Waals surface area contributed by atoms with E-state index in [1.54, 1.807) is 0 Å². The Morgan fingerprint density at radius 2 is 2.11 bits per heavy atom. The molecule has 0 aromatic heterocycles. The van der Waals surface area contributed by atoms with Crippen LogP contribution < -0.4 is 0 Å². The lowest BCUT2D eigenvalue weighted by molar-refractivity contribution is -0.135. The molecule has 3 aliphatic rings. The number of aliphatic hydroxyl groups is 1. The molecule has 0 unspecified atom stereocenters. The molecule has 18 heavy (non-hydrogen) atoms. The Balaban J connectivity index is 2.04. The van der Waals surface area contributed by atoms with Crippen LogP contribution in [0.15, 0.2) is 22.8 Å². The summed E-state index contributed by atoms with van der Waals surface area (Å²) in [5, 5.41) is 10.6. The highest BCUT2D eigenvalue weighted by atomic mass is 16.5. The largest absolute Gasteiger partial charge is 0.457 e. The SMILES string of the molecule is CC1=CC2=C(COC2=O)[C@@H](O)[C@@H]2CC(C)(C)C[C@H]12. The predicted octanol–water partition coefficient (Wildman–Crippen LogP) is 2.21. The molecule has 0 aromatic carbocycles. The molecule has 0 spiro atoms. The first-order valence-corrected chi connectivity index (χ1v) is 6.65. The molecule has 1 saturated carbocycles. The predicted molar refractivity (Wildman–Crippen MR) is 67.7 cm³/mol. The Morgan fingerprint density at radius 1 is 1.39 bits per heavy atom. The van der Waals surface area contributed by atoms with Gasteiger partial charge in [-0.25, -0.2) is 4.79 Å². The van der Waals surface area contributed by atoms with Gasteiger partial charge in [-0.2, -0.15) is 0 Å². The summed E-state index contributed by atoms with van der Waals surface area (Å²) >= 11 is 0. The van der Waals surface area contributed by atoms with Gasteiger partial charge in [-0.3, -0.25) is 0 Å². The number of allylic oxidation sites excluding steroid dienone is 1. The van der Waals surface area contributed by atoms with Crippen molar-refractivity contribution >= 4 is 5.97 Å². The van der Waals surface area contributed by atoms with Crippen molar-refractivity contribution in [2.75, 3.05) is 6.61 Å². The maximum absolute atomic E-state index is 11.7. The van der Waals surface area contributed by atoms with Gasteiger partial charge in [0, 0.05) is 5.57 Å². The highest BCUT2D eigenvalue weighted by Crippen LogP contribution is 2.52. The van der Waals surface area contributed by atoms with Crippen LogP contribution in [0.1, 0.15) is 33.6 Å². The van der Waals surface area contributed by atoms with Crippen LogP contribution >= 0.6 is 0 Å². The Hall–Kier alpha value is -1.09. The molecular weight excluding hydrogens is 228 g/mol. The van der Waals surface area contributed by atoms with Crippen molar-refractivity contribution in [1.82, 2.24) is 0 Å². The second kappa shape index (κ2) is 3.70. The van der Waals surface area contributed by atoms with Gasteiger partial charge >= 0.3 is 5.97 Å². The van der Waals surface area contributed by atoms with E-state index in [1.165, 1.54) is 5.57 Å². The lowest BCUT2D eigenvalue weighted by atomic mass is 9.85. The van der Waals surface area contributed by atoms with E-state index in [4.69, 9.17) is 4.74 Å². The van der Waals surface area contributed by atoms with Gasteiger partial charge in [0.1, 0.15) is 6.61 Å². The molecule has 0 radical (unpaired) electrons. The number of cyclic esters (lactones) is 1. The lowest BCUT2D eigenvalue weighted by Crippen LogP contribution is -2.26. The summed E-state index contributed by atoms with van der Waals surface area (Å²) in [6, 6.07) is 0. The maximum Gasteiger partial charge on any atom is 0.338 e. The van der Waals surface area contributed by atoms with Crippen molar-refractivity contribution in [3.63, 3.8) is 0 Å². The Bertz CT molecular complexity index is 470. The number of hydrogen-bond acceptors (Lipinski definition) is 3. The van der Waals surface area contributed by atoms with Crippen molar-refractivity contribution in [3.05, 3.63) is 22.8 Å². The van der Waals surface area contributed by atoms with E-state index >= 15 is 0 Å². The smallest absolute Gasteiger partial charge is 0.338 e. The number of aliphatic hydroxyl groups excluding tert-OH is 1. The molecule has 1 N–H and O–H groups in total. The van der Waals surface area contributed by atoms with E-state index in [1.807, 2.05) is 6.08 Å². The van der Waals surface area contributed by atoms with Crippen LogP contribution in [0.2, 0.25) is 0 Å². The Labute approximate surface area is 108 Å². The van der Waals surface area contributed by atoms with Crippen molar-refractivity contribution in [2.24, 2.45) is 17.3 Å². The zero-order valence-corrected chi connectivity index (χ0v) is 11.2. The van der Waals surface area contributed by atoms with Crippen LogP contribution in [0.3, 0.4) is 0 Å². The number of hydrogen-bond donors (Lipinski definition) is 1. The zero-order chi connectivity index (χ0) is 13.1. The highest BCUT2D eigenvalue weighted by Gasteiger charge is 2.47. The van der Waals surface area contributed by atoms with Crippen LogP contribution in [-0.2, 0) is 9.53 Å². The Kier molecular flexibility index (Phi) is 2.46. The van der Waals surface area contributed by atoms with Gasteiger partial charge in [-0.1, -0.05) is 19.4 Å². The Morgan fingerprint density at radius 3 is 2.83 bits per heavy atom. The topological polar surface area (TPSA) is 46.5 Å².